The fourth-order valence-corrected chi connectivity index (χ4v) is 8.06. The monoisotopic (exact) mass is 609 g/mol. The van der Waals surface area contributed by atoms with Gasteiger partial charge in [0.15, 0.2) is 11.5 Å². The van der Waals surface area contributed by atoms with Crippen LogP contribution in [0.25, 0.3) is 92.1 Å². The molecule has 6 aromatic carbocycles. The zero-order valence-electron chi connectivity index (χ0n) is 29.2. The van der Waals surface area contributed by atoms with Gasteiger partial charge in [0.25, 0.3) is 0 Å². The van der Waals surface area contributed by atoms with E-state index in [4.69, 9.17) is 16.8 Å². The molecule has 0 spiro atoms. The summed E-state index contributed by atoms with van der Waals surface area (Å²) in [7, 11) is 0. The largest absolute Gasteiger partial charge is 0.308 e. The molecular formula is C41H24N4S. The second-order valence-electron chi connectivity index (χ2n) is 11.2. The molecule has 0 aliphatic rings. The average molecular weight is 610 g/mol. The van der Waals surface area contributed by atoms with E-state index < -0.39 is 18.1 Å². The smallest absolute Gasteiger partial charge is 0.163 e. The number of pyridine rings is 1. The highest BCUT2D eigenvalue weighted by molar-refractivity contribution is 7.27. The lowest BCUT2D eigenvalue weighted by Gasteiger charge is -2.12. The first-order valence-corrected chi connectivity index (χ1v) is 15.8. The van der Waals surface area contributed by atoms with Crippen molar-refractivity contribution in [3.8, 4) is 28.3 Å². The van der Waals surface area contributed by atoms with E-state index in [0.717, 1.165) is 16.7 Å². The van der Waals surface area contributed by atoms with Gasteiger partial charge in [-0.15, -0.1) is 11.3 Å². The number of hydrogen-bond acceptors (Lipinski definition) is 4. The van der Waals surface area contributed by atoms with Crippen LogP contribution >= 0.6 is 11.3 Å². The fourth-order valence-electron chi connectivity index (χ4n) is 6.80. The van der Waals surface area contributed by atoms with Crippen molar-refractivity contribution in [1.82, 2.24) is 19.5 Å². The van der Waals surface area contributed by atoms with Crippen molar-refractivity contribution in [2.45, 2.75) is 0 Å². The molecule has 0 fully saturated rings. The SMILES string of the molecule is [2H]c1c([2H])c([2H])c(-c2nc(-c3ccc(-n4c5ccccc5c5c6ccccc6c6c7ccccc7sc6c54)cc3)nc3ncccc23)c([2H])c1[2H]. The summed E-state index contributed by atoms with van der Waals surface area (Å²) in [4.78, 5) is 14.1. The van der Waals surface area contributed by atoms with E-state index in [-0.39, 0.29) is 23.3 Å². The minimum atomic E-state index is -0.452. The lowest BCUT2D eigenvalue weighted by atomic mass is 9.99. The third-order valence-corrected chi connectivity index (χ3v) is 9.92. The summed E-state index contributed by atoms with van der Waals surface area (Å²) in [5.74, 6) is 0.342. The predicted octanol–water partition coefficient (Wildman–Crippen LogP) is 11.0. The summed E-state index contributed by atoms with van der Waals surface area (Å²) in [5, 5.41) is 7.87. The standard InChI is InChI=1S/C41H24N4S/c1-2-11-25(12-3-1)37-32-17-10-24-42-41(32)44-40(43-37)26-20-22-27(23-21-26)45-33-18-8-6-15-30(33)35-28-13-4-5-14-29(28)36-31-16-7-9-19-34(31)46-39(36)38(35)45/h1-24H/i1D,2D,3D,11D,12D. The second kappa shape index (κ2) is 9.80. The second-order valence-corrected chi connectivity index (χ2v) is 12.3. The maximum Gasteiger partial charge on any atom is 0.163 e. The summed E-state index contributed by atoms with van der Waals surface area (Å²) in [6.07, 6.45) is 1.62. The topological polar surface area (TPSA) is 43.6 Å². The zero-order valence-corrected chi connectivity index (χ0v) is 25.0. The molecule has 5 heteroatoms. The number of thiophene rings is 1. The minimum absolute atomic E-state index is 0.0177. The number of aromatic nitrogens is 4. The Hall–Kier alpha value is -5.91. The van der Waals surface area contributed by atoms with Crippen LogP contribution in [0.1, 0.15) is 6.85 Å². The van der Waals surface area contributed by atoms with E-state index in [2.05, 4.69) is 94.5 Å². The van der Waals surface area contributed by atoms with E-state index in [1.54, 1.807) is 18.3 Å². The lowest BCUT2D eigenvalue weighted by Crippen LogP contribution is -1.98. The van der Waals surface area contributed by atoms with Crippen LogP contribution in [0.2, 0.25) is 0 Å². The first-order valence-electron chi connectivity index (χ1n) is 17.5. The van der Waals surface area contributed by atoms with Gasteiger partial charge in [0.2, 0.25) is 0 Å². The lowest BCUT2D eigenvalue weighted by molar-refractivity contribution is 1.17. The molecular weight excluding hydrogens is 581 g/mol. The number of nitrogens with zero attached hydrogens (tertiary/aromatic N) is 4. The molecule has 0 aliphatic heterocycles. The van der Waals surface area contributed by atoms with E-state index in [1.807, 2.05) is 23.5 Å². The molecule has 4 heterocycles. The van der Waals surface area contributed by atoms with Crippen molar-refractivity contribution in [2.75, 3.05) is 0 Å². The number of para-hydroxylation sites is 1. The van der Waals surface area contributed by atoms with Crippen molar-refractivity contribution in [1.29, 1.82) is 0 Å². The number of hydrogen-bond donors (Lipinski definition) is 0. The molecule has 10 rings (SSSR count). The molecule has 10 aromatic rings. The highest BCUT2D eigenvalue weighted by Crippen LogP contribution is 2.47. The summed E-state index contributed by atoms with van der Waals surface area (Å²) >= 11 is 1.82. The summed E-state index contributed by atoms with van der Waals surface area (Å²) in [6, 6.07) is 35.4. The first kappa shape index (κ1) is 20.9. The molecule has 0 saturated carbocycles. The molecule has 0 N–H and O–H groups in total. The molecule has 4 nitrogen and oxygen atoms in total. The van der Waals surface area contributed by atoms with Gasteiger partial charge in [0, 0.05) is 54.6 Å². The van der Waals surface area contributed by atoms with Gasteiger partial charge in [-0.2, -0.15) is 0 Å². The molecule has 0 amide bonds. The Labute approximate surface area is 274 Å². The molecule has 0 atom stereocenters. The summed E-state index contributed by atoms with van der Waals surface area (Å²) in [5.41, 5.74) is 4.57. The van der Waals surface area contributed by atoms with Crippen LogP contribution in [0.15, 0.2) is 146 Å². The Morgan fingerprint density at radius 2 is 1.28 bits per heavy atom. The van der Waals surface area contributed by atoms with Crippen LogP contribution in [0, 0.1) is 0 Å². The first-order chi connectivity index (χ1) is 24.9. The van der Waals surface area contributed by atoms with Crippen molar-refractivity contribution < 1.29 is 6.85 Å². The van der Waals surface area contributed by atoms with Crippen molar-refractivity contribution in [2.24, 2.45) is 0 Å². The van der Waals surface area contributed by atoms with Crippen LogP contribution in [0.4, 0.5) is 0 Å². The van der Waals surface area contributed by atoms with Crippen LogP contribution < -0.4 is 0 Å². The number of rotatable bonds is 3. The third-order valence-electron chi connectivity index (χ3n) is 8.74. The van der Waals surface area contributed by atoms with Crippen LogP contribution in [0.5, 0.6) is 0 Å². The van der Waals surface area contributed by atoms with E-state index in [0.29, 0.717) is 22.4 Å². The third kappa shape index (κ3) is 3.63. The highest BCUT2D eigenvalue weighted by atomic mass is 32.1. The molecule has 0 saturated heterocycles. The van der Waals surface area contributed by atoms with Crippen LogP contribution in [-0.4, -0.2) is 19.5 Å². The van der Waals surface area contributed by atoms with Gasteiger partial charge in [-0.1, -0.05) is 90.9 Å². The number of benzene rings is 6. The molecule has 4 aromatic heterocycles. The molecule has 46 heavy (non-hydrogen) atoms. The minimum Gasteiger partial charge on any atom is -0.308 e. The maximum atomic E-state index is 8.65. The molecule has 214 valence electrons. The van der Waals surface area contributed by atoms with Gasteiger partial charge in [0.05, 0.1) is 28.3 Å². The van der Waals surface area contributed by atoms with E-state index in [9.17, 15) is 0 Å². The molecule has 0 bridgehead atoms. The van der Waals surface area contributed by atoms with Gasteiger partial charge in [-0.05, 0) is 59.3 Å². The Morgan fingerprint density at radius 3 is 2.11 bits per heavy atom. The van der Waals surface area contributed by atoms with Crippen molar-refractivity contribution >= 4 is 75.1 Å². The number of fused-ring (bicyclic) bond motifs is 11. The summed E-state index contributed by atoms with van der Waals surface area (Å²) < 4.78 is 46.8. The van der Waals surface area contributed by atoms with Gasteiger partial charge < -0.3 is 4.57 Å². The van der Waals surface area contributed by atoms with Gasteiger partial charge in [-0.3, -0.25) is 0 Å². The van der Waals surface area contributed by atoms with Gasteiger partial charge in [-0.25, -0.2) is 15.0 Å². The molecule has 0 unspecified atom stereocenters. The van der Waals surface area contributed by atoms with E-state index in [1.165, 1.54) is 41.7 Å². The Balaban J connectivity index is 1.22. The quantitative estimate of drug-likeness (QED) is 0.200. The van der Waals surface area contributed by atoms with Crippen molar-refractivity contribution in [3.05, 3.63) is 146 Å². The predicted molar refractivity (Wildman–Crippen MR) is 193 cm³/mol. The fraction of sp³-hybridized carbons (Fsp3) is 0. The summed E-state index contributed by atoms with van der Waals surface area (Å²) in [6.45, 7) is 0. The maximum absolute atomic E-state index is 8.65. The van der Waals surface area contributed by atoms with Gasteiger partial charge >= 0.3 is 0 Å². The normalized spacial score (nSPS) is 13.4. The molecule has 0 aliphatic carbocycles. The van der Waals surface area contributed by atoms with Crippen LogP contribution in [0.3, 0.4) is 0 Å². The average Bonchev–Trinajstić information content (AvgIpc) is 3.73. The molecule has 0 radical (unpaired) electrons. The zero-order chi connectivity index (χ0) is 34.5. The Bertz CT molecular complexity index is 3070. The van der Waals surface area contributed by atoms with Crippen molar-refractivity contribution in [3.63, 3.8) is 0 Å². The van der Waals surface area contributed by atoms with Gasteiger partial charge in [0.1, 0.15) is 0 Å². The highest BCUT2D eigenvalue weighted by Gasteiger charge is 2.21. The Morgan fingerprint density at radius 1 is 0.587 bits per heavy atom. The Kier molecular flexibility index (Phi) is 4.46. The van der Waals surface area contributed by atoms with Crippen LogP contribution in [-0.2, 0) is 0 Å². The van der Waals surface area contributed by atoms with E-state index >= 15 is 0 Å².